The van der Waals surface area contributed by atoms with Gasteiger partial charge in [0.15, 0.2) is 0 Å². The van der Waals surface area contributed by atoms with E-state index < -0.39 is 0 Å². The van der Waals surface area contributed by atoms with Gasteiger partial charge in [-0.1, -0.05) is 30.4 Å². The van der Waals surface area contributed by atoms with Crippen LogP contribution in [0.5, 0.6) is 0 Å². The molecule has 0 aromatic carbocycles. The molecular weight excluding hydrogens is 122 g/mol. The molecule has 0 aliphatic rings. The quantitative estimate of drug-likeness (QED) is 0.463. The van der Waals surface area contributed by atoms with E-state index in [-0.39, 0.29) is 0 Å². The minimum atomic E-state index is 0.856. The van der Waals surface area contributed by atoms with E-state index in [9.17, 15) is 0 Å². The molecular formula is C9H15N. The standard InChI is InChI=1S/C9H15N/c1-4-9(3)7-6-8-10-5-2/h4-7,10H,2,8H2,1,3H3/b7-6-,9-4-. The van der Waals surface area contributed by atoms with Crippen molar-refractivity contribution in [2.45, 2.75) is 13.8 Å². The third-order valence-corrected chi connectivity index (χ3v) is 1.22. The molecule has 0 saturated carbocycles. The van der Waals surface area contributed by atoms with Gasteiger partial charge < -0.3 is 5.32 Å². The van der Waals surface area contributed by atoms with Crippen molar-refractivity contribution < 1.29 is 0 Å². The van der Waals surface area contributed by atoms with Gasteiger partial charge in [-0.25, -0.2) is 0 Å². The number of nitrogens with one attached hydrogen (secondary N) is 1. The molecule has 0 aromatic heterocycles. The minimum Gasteiger partial charge on any atom is -0.388 e. The summed E-state index contributed by atoms with van der Waals surface area (Å²) in [5, 5.41) is 2.98. The molecule has 0 unspecified atom stereocenters. The van der Waals surface area contributed by atoms with Crippen LogP contribution in [0.25, 0.3) is 0 Å². The van der Waals surface area contributed by atoms with Gasteiger partial charge in [0, 0.05) is 6.54 Å². The molecule has 0 spiro atoms. The smallest absolute Gasteiger partial charge is 0.0328 e. The molecule has 0 radical (unpaired) electrons. The fraction of sp³-hybridized carbons (Fsp3) is 0.333. The van der Waals surface area contributed by atoms with Gasteiger partial charge in [0.05, 0.1) is 0 Å². The molecule has 0 aliphatic carbocycles. The maximum absolute atomic E-state index is 3.54. The molecule has 56 valence electrons. The average molecular weight is 137 g/mol. The van der Waals surface area contributed by atoms with E-state index >= 15 is 0 Å². The van der Waals surface area contributed by atoms with Crippen LogP contribution in [0, 0.1) is 0 Å². The van der Waals surface area contributed by atoms with Crippen molar-refractivity contribution in [3.05, 3.63) is 36.6 Å². The van der Waals surface area contributed by atoms with Gasteiger partial charge >= 0.3 is 0 Å². The summed E-state index contributed by atoms with van der Waals surface area (Å²) in [7, 11) is 0. The maximum atomic E-state index is 3.54. The molecule has 0 atom stereocenters. The highest BCUT2D eigenvalue weighted by molar-refractivity contribution is 5.14. The SMILES string of the molecule is C=CNC/C=C\C(C)=C/C. The van der Waals surface area contributed by atoms with Gasteiger partial charge in [-0.15, -0.1) is 0 Å². The van der Waals surface area contributed by atoms with E-state index in [1.165, 1.54) is 5.57 Å². The lowest BCUT2D eigenvalue weighted by Gasteiger charge is -1.91. The van der Waals surface area contributed by atoms with Crippen molar-refractivity contribution in [2.75, 3.05) is 6.54 Å². The summed E-state index contributed by atoms with van der Waals surface area (Å²) in [6.07, 6.45) is 7.91. The second-order valence-corrected chi connectivity index (χ2v) is 2.05. The van der Waals surface area contributed by atoms with Gasteiger partial charge in [0.25, 0.3) is 0 Å². The van der Waals surface area contributed by atoms with E-state index in [1.807, 2.05) is 6.92 Å². The predicted octanol–water partition coefficient (Wildman–Crippen LogP) is 2.24. The Bertz CT molecular complexity index is 143. The molecule has 0 amide bonds. The molecule has 1 nitrogen and oxygen atoms in total. The Kier molecular flexibility index (Phi) is 5.54. The Morgan fingerprint density at radius 1 is 1.60 bits per heavy atom. The van der Waals surface area contributed by atoms with Crippen molar-refractivity contribution in [3.8, 4) is 0 Å². The number of hydrogen-bond acceptors (Lipinski definition) is 1. The third-order valence-electron chi connectivity index (χ3n) is 1.22. The lowest BCUT2D eigenvalue weighted by molar-refractivity contribution is 0.988. The average Bonchev–Trinajstić information content (AvgIpc) is 1.98. The second kappa shape index (κ2) is 6.14. The van der Waals surface area contributed by atoms with Crippen LogP contribution >= 0.6 is 0 Å². The van der Waals surface area contributed by atoms with E-state index in [1.54, 1.807) is 6.20 Å². The molecule has 10 heavy (non-hydrogen) atoms. The predicted molar refractivity (Wildman–Crippen MR) is 46.8 cm³/mol. The normalized spacial score (nSPS) is 12.0. The van der Waals surface area contributed by atoms with Gasteiger partial charge in [-0.2, -0.15) is 0 Å². The lowest BCUT2D eigenvalue weighted by atomic mass is 10.3. The second-order valence-electron chi connectivity index (χ2n) is 2.05. The summed E-state index contributed by atoms with van der Waals surface area (Å²) in [5.41, 5.74) is 1.28. The summed E-state index contributed by atoms with van der Waals surface area (Å²) in [5.74, 6) is 0. The summed E-state index contributed by atoms with van der Waals surface area (Å²) in [4.78, 5) is 0. The molecule has 0 saturated heterocycles. The maximum Gasteiger partial charge on any atom is 0.0328 e. The Balaban J connectivity index is 3.45. The molecule has 0 aliphatic heterocycles. The molecule has 0 rings (SSSR count). The van der Waals surface area contributed by atoms with Crippen molar-refractivity contribution in [1.82, 2.24) is 5.32 Å². The van der Waals surface area contributed by atoms with E-state index in [4.69, 9.17) is 0 Å². The summed E-state index contributed by atoms with van der Waals surface area (Å²) >= 11 is 0. The van der Waals surface area contributed by atoms with E-state index in [0.29, 0.717) is 0 Å². The largest absolute Gasteiger partial charge is 0.388 e. The molecule has 1 N–H and O–H groups in total. The molecule has 0 bridgehead atoms. The third kappa shape index (κ3) is 5.16. The Hall–Kier alpha value is -0.980. The van der Waals surface area contributed by atoms with Crippen LogP contribution in [0.15, 0.2) is 36.6 Å². The fourth-order valence-electron chi connectivity index (χ4n) is 0.492. The first-order valence-electron chi connectivity index (χ1n) is 3.45. The highest BCUT2D eigenvalue weighted by atomic mass is 14.8. The first-order valence-corrected chi connectivity index (χ1v) is 3.45. The first-order chi connectivity index (χ1) is 4.81. The van der Waals surface area contributed by atoms with Crippen molar-refractivity contribution >= 4 is 0 Å². The van der Waals surface area contributed by atoms with Crippen molar-refractivity contribution in [1.29, 1.82) is 0 Å². The summed E-state index contributed by atoms with van der Waals surface area (Å²) < 4.78 is 0. The van der Waals surface area contributed by atoms with Gasteiger partial charge in [-0.3, -0.25) is 0 Å². The molecule has 0 fully saturated rings. The van der Waals surface area contributed by atoms with Gasteiger partial charge in [0.2, 0.25) is 0 Å². The van der Waals surface area contributed by atoms with Crippen LogP contribution in [0.1, 0.15) is 13.8 Å². The van der Waals surface area contributed by atoms with Crippen LogP contribution in [0.3, 0.4) is 0 Å². The lowest BCUT2D eigenvalue weighted by Crippen LogP contribution is -2.01. The van der Waals surface area contributed by atoms with E-state index in [2.05, 4.69) is 37.0 Å². The van der Waals surface area contributed by atoms with Crippen LogP contribution < -0.4 is 5.32 Å². The van der Waals surface area contributed by atoms with Crippen LogP contribution in [-0.4, -0.2) is 6.54 Å². The molecule has 1 heteroatoms. The fourth-order valence-corrected chi connectivity index (χ4v) is 0.492. The van der Waals surface area contributed by atoms with Crippen molar-refractivity contribution in [3.63, 3.8) is 0 Å². The topological polar surface area (TPSA) is 12.0 Å². The zero-order valence-electron chi connectivity index (χ0n) is 6.72. The van der Waals surface area contributed by atoms with Gasteiger partial charge in [-0.05, 0) is 20.0 Å². The van der Waals surface area contributed by atoms with Gasteiger partial charge in [0.1, 0.15) is 0 Å². The van der Waals surface area contributed by atoms with Crippen LogP contribution in [0.4, 0.5) is 0 Å². The van der Waals surface area contributed by atoms with Crippen molar-refractivity contribution in [2.24, 2.45) is 0 Å². The summed E-state index contributed by atoms with van der Waals surface area (Å²) in [6, 6.07) is 0. The minimum absolute atomic E-state index is 0.856. The van der Waals surface area contributed by atoms with E-state index in [0.717, 1.165) is 6.54 Å². The summed E-state index contributed by atoms with van der Waals surface area (Å²) in [6.45, 7) is 8.50. The monoisotopic (exact) mass is 137 g/mol. The zero-order chi connectivity index (χ0) is 7.82. The number of rotatable bonds is 4. The first kappa shape index (κ1) is 9.02. The number of allylic oxidation sites excluding steroid dienone is 3. The highest BCUT2D eigenvalue weighted by Gasteiger charge is 1.75. The van der Waals surface area contributed by atoms with Crippen LogP contribution in [0.2, 0.25) is 0 Å². The highest BCUT2D eigenvalue weighted by Crippen LogP contribution is 1.91. The Labute approximate surface area is 63.1 Å². The molecule has 0 heterocycles. The van der Waals surface area contributed by atoms with Crippen LogP contribution in [-0.2, 0) is 0 Å². The Morgan fingerprint density at radius 3 is 2.80 bits per heavy atom. The number of hydrogen-bond donors (Lipinski definition) is 1. The Morgan fingerprint density at radius 2 is 2.30 bits per heavy atom. The zero-order valence-corrected chi connectivity index (χ0v) is 6.72. The molecule has 0 aromatic rings.